The Balaban J connectivity index is 1.44. The van der Waals surface area contributed by atoms with E-state index in [-0.39, 0.29) is 17.6 Å². The van der Waals surface area contributed by atoms with Crippen LogP contribution in [0.2, 0.25) is 0 Å². The lowest BCUT2D eigenvalue weighted by Crippen LogP contribution is -2.49. The molecule has 214 valence electrons. The number of amides is 2. The van der Waals surface area contributed by atoms with E-state index in [0.717, 1.165) is 16.9 Å². The number of aromatic nitrogens is 2. The van der Waals surface area contributed by atoms with Gasteiger partial charge in [0.05, 0.1) is 24.2 Å². The van der Waals surface area contributed by atoms with E-state index < -0.39 is 0 Å². The second-order valence-electron chi connectivity index (χ2n) is 9.69. The number of carbonyl (C=O) groups is 2. The number of piperazine rings is 1. The molecule has 0 saturated carbocycles. The van der Waals surface area contributed by atoms with Crippen LogP contribution in [0.1, 0.15) is 23.6 Å². The van der Waals surface area contributed by atoms with Crippen LogP contribution >= 0.6 is 24.0 Å². The summed E-state index contributed by atoms with van der Waals surface area (Å²) in [5.74, 6) is 1.01. The summed E-state index contributed by atoms with van der Waals surface area (Å²) in [7, 11) is 1.62. The van der Waals surface area contributed by atoms with Gasteiger partial charge in [-0.2, -0.15) is 0 Å². The number of ether oxygens (including phenoxy) is 2. The summed E-state index contributed by atoms with van der Waals surface area (Å²) in [5.41, 5.74) is 2.51. The highest BCUT2D eigenvalue weighted by molar-refractivity contribution is 8.26. The molecule has 2 amide bonds. The molecule has 0 unspecified atom stereocenters. The highest BCUT2D eigenvalue weighted by atomic mass is 32.2. The molecule has 0 radical (unpaired) electrons. The van der Waals surface area contributed by atoms with Gasteiger partial charge < -0.3 is 19.3 Å². The number of carbonyl (C=O) groups excluding carboxylic acids is 2. The van der Waals surface area contributed by atoms with Gasteiger partial charge in [0.25, 0.3) is 11.5 Å². The molecule has 0 atom stereocenters. The summed E-state index contributed by atoms with van der Waals surface area (Å²) in [5, 5.41) is 0. The van der Waals surface area contributed by atoms with Crippen LogP contribution in [0.4, 0.5) is 10.6 Å². The lowest BCUT2D eigenvalue weighted by Gasteiger charge is -2.35. The van der Waals surface area contributed by atoms with E-state index >= 15 is 0 Å². The van der Waals surface area contributed by atoms with Crippen molar-refractivity contribution < 1.29 is 19.1 Å². The number of rotatable bonds is 7. The smallest absolute Gasteiger partial charge is 0.409 e. The summed E-state index contributed by atoms with van der Waals surface area (Å²) >= 11 is 6.74. The molecule has 2 saturated heterocycles. The third-order valence-corrected chi connectivity index (χ3v) is 8.40. The molecule has 2 aromatic heterocycles. The monoisotopic (exact) mass is 593 g/mol. The molecule has 3 aromatic rings. The van der Waals surface area contributed by atoms with Gasteiger partial charge >= 0.3 is 6.09 Å². The number of hydrogen-bond donors (Lipinski definition) is 0. The number of benzene rings is 1. The highest BCUT2D eigenvalue weighted by Crippen LogP contribution is 2.34. The van der Waals surface area contributed by atoms with Crippen LogP contribution < -0.4 is 15.2 Å². The second-order valence-corrected chi connectivity index (χ2v) is 11.4. The minimum atomic E-state index is -0.354. The van der Waals surface area contributed by atoms with Crippen LogP contribution in [-0.4, -0.2) is 81.9 Å². The molecule has 0 N–H and O–H groups in total. The predicted octanol–water partition coefficient (Wildman–Crippen LogP) is 3.73. The van der Waals surface area contributed by atoms with Crippen LogP contribution in [0.3, 0.4) is 0 Å². The van der Waals surface area contributed by atoms with Crippen LogP contribution in [0.15, 0.2) is 52.3 Å². The van der Waals surface area contributed by atoms with Gasteiger partial charge in [0.2, 0.25) is 0 Å². The summed E-state index contributed by atoms with van der Waals surface area (Å²) in [6.45, 7) is 6.21. The molecule has 2 aliphatic rings. The van der Waals surface area contributed by atoms with E-state index in [0.29, 0.717) is 72.0 Å². The van der Waals surface area contributed by atoms with E-state index in [1.807, 2.05) is 42.2 Å². The topological polar surface area (TPSA) is 96.7 Å². The third-order valence-electron chi connectivity index (χ3n) is 7.02. The molecule has 4 heterocycles. The predicted molar refractivity (Wildman–Crippen MR) is 164 cm³/mol. The normalized spacial score (nSPS) is 16.7. The van der Waals surface area contributed by atoms with E-state index in [2.05, 4.69) is 0 Å². The van der Waals surface area contributed by atoms with E-state index in [9.17, 15) is 14.4 Å². The van der Waals surface area contributed by atoms with E-state index in [4.69, 9.17) is 26.7 Å². The zero-order chi connectivity index (χ0) is 29.1. The van der Waals surface area contributed by atoms with Gasteiger partial charge in [-0.15, -0.1) is 0 Å². The third kappa shape index (κ3) is 6.08. The lowest BCUT2D eigenvalue weighted by atomic mass is 10.1. The van der Waals surface area contributed by atoms with Gasteiger partial charge in [-0.05, 0) is 55.7 Å². The van der Waals surface area contributed by atoms with Crippen molar-refractivity contribution in [1.82, 2.24) is 19.2 Å². The average molecular weight is 594 g/mol. The summed E-state index contributed by atoms with van der Waals surface area (Å²) < 4.78 is 12.3. The molecule has 0 spiro atoms. The van der Waals surface area contributed by atoms with Gasteiger partial charge in [-0.3, -0.25) is 18.9 Å². The van der Waals surface area contributed by atoms with Crippen LogP contribution in [0.5, 0.6) is 5.75 Å². The summed E-state index contributed by atoms with van der Waals surface area (Å²) in [6.07, 6.45) is 3.63. The van der Waals surface area contributed by atoms with Crippen LogP contribution in [0.25, 0.3) is 11.7 Å². The minimum Gasteiger partial charge on any atom is -0.497 e. The number of aryl methyl sites for hydroxylation is 1. The number of pyridine rings is 1. The van der Waals surface area contributed by atoms with Gasteiger partial charge in [-0.1, -0.05) is 42.2 Å². The Morgan fingerprint density at radius 3 is 2.51 bits per heavy atom. The van der Waals surface area contributed by atoms with Crippen LogP contribution in [0, 0.1) is 6.92 Å². The zero-order valence-electron chi connectivity index (χ0n) is 23.2. The minimum absolute atomic E-state index is 0.236. The SMILES string of the molecule is CCOC(=O)N1CCN(c2nc3ccc(C)cn3c(=O)c2/C=C2/SC(=S)N(CCc3ccc(OC)cc3)C2=O)CC1. The Bertz CT molecular complexity index is 1580. The first-order chi connectivity index (χ1) is 19.8. The van der Waals surface area contributed by atoms with Gasteiger partial charge in [0.15, 0.2) is 0 Å². The molecule has 41 heavy (non-hydrogen) atoms. The quantitative estimate of drug-likeness (QED) is 0.300. The van der Waals surface area contributed by atoms with Crippen molar-refractivity contribution in [2.45, 2.75) is 20.3 Å². The standard InChI is InChI=1S/C29H31N5O5S2/c1-4-39-28(37)32-15-13-31(14-16-32)25-22(26(35)34-18-19(2)5-10-24(34)30-25)17-23-27(36)33(29(40)41-23)12-11-20-6-8-21(38-3)9-7-20/h5-10,17-18H,4,11-16H2,1-3H3/b23-17+. The van der Waals surface area contributed by atoms with Crippen LogP contribution in [-0.2, 0) is 16.0 Å². The Hall–Kier alpha value is -3.90. The lowest BCUT2D eigenvalue weighted by molar-refractivity contribution is -0.122. The first kappa shape index (κ1) is 28.6. The molecule has 12 heteroatoms. The maximum Gasteiger partial charge on any atom is 0.409 e. The van der Waals surface area contributed by atoms with E-state index in [1.165, 1.54) is 16.2 Å². The molecule has 2 aliphatic heterocycles. The van der Waals surface area contributed by atoms with Crippen molar-refractivity contribution in [2.24, 2.45) is 0 Å². The number of thiocarbonyl (C=S) groups is 1. The van der Waals surface area contributed by atoms with Crippen molar-refractivity contribution in [1.29, 1.82) is 0 Å². The van der Waals surface area contributed by atoms with Gasteiger partial charge in [-0.25, -0.2) is 9.78 Å². The fourth-order valence-corrected chi connectivity index (χ4v) is 6.08. The number of methoxy groups -OCH3 is 1. The molecular weight excluding hydrogens is 562 g/mol. The molecule has 0 aliphatic carbocycles. The Morgan fingerprint density at radius 2 is 1.83 bits per heavy atom. The number of fused-ring (bicyclic) bond motifs is 1. The number of hydrogen-bond acceptors (Lipinski definition) is 9. The number of anilines is 1. The van der Waals surface area contributed by atoms with Crippen molar-refractivity contribution in [3.63, 3.8) is 0 Å². The fraction of sp³-hybridized carbons (Fsp3) is 0.345. The maximum atomic E-state index is 13.8. The maximum absolute atomic E-state index is 13.8. The molecular formula is C29H31N5O5S2. The Kier molecular flexibility index (Phi) is 8.60. The Labute approximate surface area is 247 Å². The largest absolute Gasteiger partial charge is 0.497 e. The first-order valence-electron chi connectivity index (χ1n) is 13.4. The number of thioether (sulfide) groups is 1. The molecule has 2 fully saturated rings. The summed E-state index contributed by atoms with van der Waals surface area (Å²) in [6, 6.07) is 11.4. The first-order valence-corrected chi connectivity index (χ1v) is 14.6. The highest BCUT2D eigenvalue weighted by Gasteiger charge is 2.33. The van der Waals surface area contributed by atoms with Crippen molar-refractivity contribution in [2.75, 3.05) is 51.3 Å². The second kappa shape index (κ2) is 12.3. The molecule has 5 rings (SSSR count). The van der Waals surface area contributed by atoms with Crippen molar-refractivity contribution in [3.8, 4) is 5.75 Å². The molecule has 1 aromatic carbocycles. The van der Waals surface area contributed by atoms with Crippen molar-refractivity contribution >= 4 is 57.8 Å². The molecule has 10 nitrogen and oxygen atoms in total. The Morgan fingerprint density at radius 1 is 1.10 bits per heavy atom. The van der Waals surface area contributed by atoms with E-state index in [1.54, 1.807) is 42.2 Å². The molecule has 0 bridgehead atoms. The summed E-state index contributed by atoms with van der Waals surface area (Å²) in [4.78, 5) is 49.9. The van der Waals surface area contributed by atoms with Gasteiger partial charge in [0, 0.05) is 38.9 Å². The fourth-order valence-electron chi connectivity index (χ4n) is 4.79. The number of nitrogens with zero attached hydrogens (tertiary/aromatic N) is 5. The van der Waals surface area contributed by atoms with Gasteiger partial charge in [0.1, 0.15) is 21.5 Å². The zero-order valence-corrected chi connectivity index (χ0v) is 24.8. The van der Waals surface area contributed by atoms with Crippen molar-refractivity contribution in [3.05, 3.63) is 74.5 Å². The average Bonchev–Trinajstić information content (AvgIpc) is 3.25.